The molecule has 0 amide bonds. The molecular weight excluding hydrogens is 701 g/mol. The van der Waals surface area contributed by atoms with Crippen LogP contribution in [0.15, 0.2) is 194 Å². The van der Waals surface area contributed by atoms with Crippen LogP contribution in [0.2, 0.25) is 0 Å². The van der Waals surface area contributed by atoms with Gasteiger partial charge in [0.1, 0.15) is 0 Å². The van der Waals surface area contributed by atoms with E-state index >= 15 is 0 Å². The maximum atomic E-state index is 2.50. The van der Waals surface area contributed by atoms with E-state index in [2.05, 4.69) is 228 Å². The fourth-order valence-corrected chi connectivity index (χ4v) is 9.66. The maximum Gasteiger partial charge on any atom is 0.0619 e. The van der Waals surface area contributed by atoms with E-state index < -0.39 is 0 Å². The van der Waals surface area contributed by atoms with Gasteiger partial charge in [-0.2, -0.15) is 0 Å². The second-order valence-electron chi connectivity index (χ2n) is 15.2. The number of rotatable bonds is 3. The van der Waals surface area contributed by atoms with Crippen molar-refractivity contribution in [2.24, 2.45) is 0 Å². The van der Waals surface area contributed by atoms with Gasteiger partial charge in [0.2, 0.25) is 0 Å². The number of nitrogens with zero attached hydrogens (tertiary/aromatic N) is 2. The largest absolute Gasteiger partial charge is 0.308 e. The molecule has 0 spiro atoms. The van der Waals surface area contributed by atoms with Gasteiger partial charge >= 0.3 is 0 Å². The number of fused-ring (bicyclic) bond motifs is 8. The topological polar surface area (TPSA) is 6.48 Å². The quantitative estimate of drug-likeness (QED) is 0.167. The van der Waals surface area contributed by atoms with Crippen molar-refractivity contribution in [1.29, 1.82) is 0 Å². The second kappa shape index (κ2) is 12.9. The Bertz CT molecular complexity index is 2930. The summed E-state index contributed by atoms with van der Waals surface area (Å²) in [5.74, 6) is 0. The molecule has 10 aromatic rings. The van der Waals surface area contributed by atoms with E-state index in [9.17, 15) is 0 Å². The van der Waals surface area contributed by atoms with Crippen molar-refractivity contribution in [2.75, 3.05) is 9.80 Å². The average molecular weight is 737 g/mol. The summed E-state index contributed by atoms with van der Waals surface area (Å²) in [6, 6.07) is 71.3. The average Bonchev–Trinajstić information content (AvgIpc) is 3.56. The molecule has 270 valence electrons. The van der Waals surface area contributed by atoms with Crippen molar-refractivity contribution in [3.8, 4) is 11.1 Å². The zero-order chi connectivity index (χ0) is 38.2. The van der Waals surface area contributed by atoms with Crippen LogP contribution in [-0.2, 0) is 0 Å². The van der Waals surface area contributed by atoms with Crippen LogP contribution >= 0.6 is 0 Å². The molecule has 0 N–H and O–H groups in total. The van der Waals surface area contributed by atoms with Crippen LogP contribution in [-0.4, -0.2) is 0 Å². The predicted octanol–water partition coefficient (Wildman–Crippen LogP) is 15.9. The first kappa shape index (κ1) is 32.6. The fraction of sp³-hybridized carbons (Fsp3) is 0. The third-order valence-electron chi connectivity index (χ3n) is 12.1. The number of para-hydroxylation sites is 4. The summed E-state index contributed by atoms with van der Waals surface area (Å²) >= 11 is 0. The summed E-state index contributed by atoms with van der Waals surface area (Å²) in [5, 5.41) is 9.73. The van der Waals surface area contributed by atoms with E-state index in [0.717, 1.165) is 0 Å². The lowest BCUT2D eigenvalue weighted by atomic mass is 9.84. The number of hydrogen-bond acceptors (Lipinski definition) is 2. The van der Waals surface area contributed by atoms with Crippen LogP contribution in [0, 0.1) is 0 Å². The zero-order valence-electron chi connectivity index (χ0n) is 31.7. The van der Waals surface area contributed by atoms with Crippen molar-refractivity contribution < 1.29 is 0 Å². The minimum Gasteiger partial charge on any atom is -0.308 e. The molecule has 58 heavy (non-hydrogen) atoms. The second-order valence-corrected chi connectivity index (χ2v) is 15.2. The summed E-state index contributed by atoms with van der Waals surface area (Å²) in [6.07, 6.45) is 9.02. The molecule has 10 aromatic carbocycles. The van der Waals surface area contributed by atoms with E-state index in [0.29, 0.717) is 0 Å². The molecule has 0 aliphatic carbocycles. The number of benzene rings is 10. The number of hydrogen-bond donors (Lipinski definition) is 0. The molecule has 2 nitrogen and oxygen atoms in total. The standard InChI is InChI=1S/C56H36N2/c1-13-29-49-37(17-1)33-34-38-18-2-14-30-50(38)57(49)55-45-25-9-5-21-41(45)53(42-22-6-10-26-46(42)55)54-43-23-7-11-27-47(43)56(48-28-12-8-24-44(48)54)58-51-31-15-3-19-39(51)35-36-40-20-4-16-32-52(40)58/h1-36H. The third kappa shape index (κ3) is 4.79. The van der Waals surface area contributed by atoms with Gasteiger partial charge < -0.3 is 9.80 Å². The van der Waals surface area contributed by atoms with Gasteiger partial charge in [-0.05, 0) is 79.2 Å². The lowest BCUT2D eigenvalue weighted by Crippen LogP contribution is -2.13. The van der Waals surface area contributed by atoms with E-state index in [1.165, 1.54) is 111 Å². The molecule has 0 atom stereocenters. The summed E-state index contributed by atoms with van der Waals surface area (Å²) in [6.45, 7) is 0. The molecule has 0 bridgehead atoms. The Balaban J connectivity index is 1.22. The van der Waals surface area contributed by atoms with Crippen LogP contribution in [0.5, 0.6) is 0 Å². The molecule has 0 saturated carbocycles. The lowest BCUT2D eigenvalue weighted by Gasteiger charge is -2.32. The van der Waals surface area contributed by atoms with Crippen LogP contribution < -0.4 is 9.80 Å². The molecule has 0 saturated heterocycles. The SMILES string of the molecule is C1=Cc2ccccc2N(c2c3ccccc3c(-c3c4ccccc4c(N4c5ccccc5C=Cc5ccccc54)c4ccccc34)c3ccccc23)c2ccccc21. The summed E-state index contributed by atoms with van der Waals surface area (Å²) in [5.41, 5.74) is 14.3. The lowest BCUT2D eigenvalue weighted by molar-refractivity contribution is 1.30. The first-order chi connectivity index (χ1) is 28.8. The molecule has 0 aromatic heterocycles. The Kier molecular flexibility index (Phi) is 7.26. The van der Waals surface area contributed by atoms with Gasteiger partial charge in [0.05, 0.1) is 34.1 Å². The highest BCUT2D eigenvalue weighted by Crippen LogP contribution is 2.55. The minimum atomic E-state index is 1.17. The summed E-state index contributed by atoms with van der Waals surface area (Å²) in [4.78, 5) is 5.00. The normalized spacial score (nSPS) is 13.0. The molecule has 2 heterocycles. The fourth-order valence-electron chi connectivity index (χ4n) is 9.66. The molecule has 0 fully saturated rings. The van der Waals surface area contributed by atoms with Crippen molar-refractivity contribution >= 4 is 102 Å². The molecule has 2 aliphatic rings. The summed E-state index contributed by atoms with van der Waals surface area (Å²) < 4.78 is 0. The van der Waals surface area contributed by atoms with Gasteiger partial charge in [-0.15, -0.1) is 0 Å². The Labute approximate surface area is 337 Å². The van der Waals surface area contributed by atoms with Crippen molar-refractivity contribution in [3.05, 3.63) is 216 Å². The Morgan fingerprint density at radius 1 is 0.207 bits per heavy atom. The van der Waals surface area contributed by atoms with E-state index in [-0.39, 0.29) is 0 Å². The molecule has 12 rings (SSSR count). The zero-order valence-corrected chi connectivity index (χ0v) is 31.7. The van der Waals surface area contributed by atoms with Crippen LogP contribution in [0.25, 0.3) is 78.5 Å². The highest BCUT2D eigenvalue weighted by molar-refractivity contribution is 6.31. The number of anilines is 6. The van der Waals surface area contributed by atoms with Gasteiger partial charge in [-0.1, -0.05) is 194 Å². The van der Waals surface area contributed by atoms with Gasteiger partial charge in [0, 0.05) is 21.5 Å². The third-order valence-corrected chi connectivity index (χ3v) is 12.1. The Morgan fingerprint density at radius 2 is 0.414 bits per heavy atom. The van der Waals surface area contributed by atoms with Crippen LogP contribution in [0.4, 0.5) is 34.1 Å². The Hall–Kier alpha value is -7.68. The summed E-state index contributed by atoms with van der Waals surface area (Å²) in [7, 11) is 0. The predicted molar refractivity (Wildman–Crippen MR) is 249 cm³/mol. The van der Waals surface area contributed by atoms with Crippen LogP contribution in [0.1, 0.15) is 22.3 Å². The van der Waals surface area contributed by atoms with Gasteiger partial charge in [-0.3, -0.25) is 0 Å². The maximum absolute atomic E-state index is 2.50. The monoisotopic (exact) mass is 736 g/mol. The van der Waals surface area contributed by atoms with E-state index in [4.69, 9.17) is 0 Å². The Morgan fingerprint density at radius 3 is 0.672 bits per heavy atom. The smallest absolute Gasteiger partial charge is 0.0619 e. The van der Waals surface area contributed by atoms with Gasteiger partial charge in [0.15, 0.2) is 0 Å². The van der Waals surface area contributed by atoms with Gasteiger partial charge in [-0.25, -0.2) is 0 Å². The molecule has 0 radical (unpaired) electrons. The van der Waals surface area contributed by atoms with Crippen molar-refractivity contribution in [1.82, 2.24) is 0 Å². The molecular formula is C56H36N2. The van der Waals surface area contributed by atoms with E-state index in [1.807, 2.05) is 0 Å². The highest BCUT2D eigenvalue weighted by atomic mass is 15.2. The first-order valence-electron chi connectivity index (χ1n) is 20.0. The molecule has 2 heteroatoms. The molecule has 0 unspecified atom stereocenters. The van der Waals surface area contributed by atoms with Gasteiger partial charge in [0.25, 0.3) is 0 Å². The minimum absolute atomic E-state index is 1.17. The highest BCUT2D eigenvalue weighted by Gasteiger charge is 2.29. The van der Waals surface area contributed by atoms with Crippen molar-refractivity contribution in [3.63, 3.8) is 0 Å². The van der Waals surface area contributed by atoms with Crippen LogP contribution in [0.3, 0.4) is 0 Å². The first-order valence-corrected chi connectivity index (χ1v) is 20.0. The van der Waals surface area contributed by atoms with E-state index in [1.54, 1.807) is 0 Å². The molecule has 2 aliphatic heterocycles. The van der Waals surface area contributed by atoms with Crippen molar-refractivity contribution in [2.45, 2.75) is 0 Å².